The van der Waals surface area contributed by atoms with Crippen molar-refractivity contribution in [1.29, 1.82) is 0 Å². The number of nitrogens with one attached hydrogen (secondary N) is 1. The molecular formula is C23H18FN3OS. The first-order valence-corrected chi connectivity index (χ1v) is 9.91. The fourth-order valence-electron chi connectivity index (χ4n) is 2.63. The van der Waals surface area contributed by atoms with Crippen LogP contribution in [-0.2, 0) is 6.61 Å². The van der Waals surface area contributed by atoms with Crippen molar-refractivity contribution in [2.45, 2.75) is 6.61 Å². The summed E-state index contributed by atoms with van der Waals surface area (Å²) in [6, 6.07) is 23.9. The number of ether oxygens (including phenoxy) is 1. The lowest BCUT2D eigenvalue weighted by Crippen LogP contribution is -1.96. The molecule has 0 saturated carbocycles. The Balaban J connectivity index is 1.30. The van der Waals surface area contributed by atoms with E-state index >= 15 is 0 Å². The molecule has 0 saturated heterocycles. The van der Waals surface area contributed by atoms with Crippen LogP contribution in [-0.4, -0.2) is 11.2 Å². The number of nitrogens with zero attached hydrogens (tertiary/aromatic N) is 2. The van der Waals surface area contributed by atoms with Crippen molar-refractivity contribution in [3.05, 3.63) is 101 Å². The van der Waals surface area contributed by atoms with Crippen molar-refractivity contribution in [2.24, 2.45) is 5.10 Å². The van der Waals surface area contributed by atoms with E-state index < -0.39 is 0 Å². The van der Waals surface area contributed by atoms with E-state index in [1.165, 1.54) is 23.5 Å². The highest BCUT2D eigenvalue weighted by molar-refractivity contribution is 7.14. The molecule has 4 aromatic rings. The molecule has 0 unspecified atom stereocenters. The van der Waals surface area contributed by atoms with Crippen LogP contribution in [0.2, 0.25) is 0 Å². The third kappa shape index (κ3) is 5.27. The van der Waals surface area contributed by atoms with E-state index in [1.54, 1.807) is 18.3 Å². The summed E-state index contributed by atoms with van der Waals surface area (Å²) in [7, 11) is 0. The Bertz CT molecular complexity index is 1080. The van der Waals surface area contributed by atoms with Gasteiger partial charge in [-0.25, -0.2) is 9.37 Å². The van der Waals surface area contributed by atoms with Gasteiger partial charge in [-0.2, -0.15) is 5.10 Å². The predicted molar refractivity (Wildman–Crippen MR) is 116 cm³/mol. The molecule has 0 aliphatic carbocycles. The number of aromatic nitrogens is 1. The van der Waals surface area contributed by atoms with Crippen molar-refractivity contribution in [1.82, 2.24) is 4.98 Å². The first-order valence-electron chi connectivity index (χ1n) is 9.03. The summed E-state index contributed by atoms with van der Waals surface area (Å²) in [4.78, 5) is 4.53. The third-order valence-corrected chi connectivity index (χ3v) is 4.89. The summed E-state index contributed by atoms with van der Waals surface area (Å²) in [6.07, 6.45) is 1.73. The molecule has 0 fully saturated rings. The molecule has 4 nitrogen and oxygen atoms in total. The van der Waals surface area contributed by atoms with Crippen LogP contribution in [0.5, 0.6) is 5.75 Å². The number of benzene rings is 3. The third-order valence-electron chi connectivity index (χ3n) is 4.15. The highest BCUT2D eigenvalue weighted by Gasteiger charge is 2.03. The summed E-state index contributed by atoms with van der Waals surface area (Å²) in [5, 5.41) is 6.98. The van der Waals surface area contributed by atoms with Gasteiger partial charge in [0.1, 0.15) is 18.2 Å². The van der Waals surface area contributed by atoms with E-state index in [4.69, 9.17) is 4.74 Å². The summed E-state index contributed by atoms with van der Waals surface area (Å²) in [6.45, 7) is 0.392. The molecule has 0 spiro atoms. The minimum Gasteiger partial charge on any atom is -0.489 e. The molecule has 0 aliphatic rings. The quantitative estimate of drug-likeness (QED) is 0.305. The maximum Gasteiger partial charge on any atom is 0.203 e. The first kappa shape index (κ1) is 18.8. The van der Waals surface area contributed by atoms with Crippen LogP contribution < -0.4 is 10.2 Å². The topological polar surface area (TPSA) is 46.5 Å². The lowest BCUT2D eigenvalue weighted by Gasteiger charge is -2.06. The number of anilines is 1. The van der Waals surface area contributed by atoms with Gasteiger partial charge in [-0.05, 0) is 47.5 Å². The standard InChI is InChI=1S/C23H18FN3OS/c24-20-10-6-18(7-11-20)15-28-21-12-8-17(9-13-21)14-25-27-23-26-22(16-29-23)19-4-2-1-3-5-19/h1-14,16H,15H2,(H,26,27)/b25-14+. The van der Waals surface area contributed by atoms with Gasteiger partial charge in [0.15, 0.2) is 0 Å². The minimum atomic E-state index is -0.250. The molecule has 29 heavy (non-hydrogen) atoms. The van der Waals surface area contributed by atoms with Crippen molar-refractivity contribution < 1.29 is 9.13 Å². The lowest BCUT2D eigenvalue weighted by molar-refractivity contribution is 0.306. The van der Waals surface area contributed by atoms with Gasteiger partial charge in [-0.3, -0.25) is 5.43 Å². The zero-order chi connectivity index (χ0) is 19.9. The average Bonchev–Trinajstić information content (AvgIpc) is 3.24. The normalized spacial score (nSPS) is 10.9. The number of hydrogen-bond donors (Lipinski definition) is 1. The first-order chi connectivity index (χ1) is 14.3. The van der Waals surface area contributed by atoms with Gasteiger partial charge in [0.25, 0.3) is 0 Å². The van der Waals surface area contributed by atoms with Crippen LogP contribution >= 0.6 is 11.3 Å². The van der Waals surface area contributed by atoms with Crippen LogP contribution in [0.25, 0.3) is 11.3 Å². The minimum absolute atomic E-state index is 0.250. The molecule has 144 valence electrons. The van der Waals surface area contributed by atoms with Gasteiger partial charge < -0.3 is 4.74 Å². The van der Waals surface area contributed by atoms with Crippen molar-refractivity contribution in [3.63, 3.8) is 0 Å². The average molecular weight is 403 g/mol. The van der Waals surface area contributed by atoms with E-state index in [0.29, 0.717) is 6.61 Å². The molecule has 0 amide bonds. The molecule has 1 aromatic heterocycles. The van der Waals surface area contributed by atoms with Gasteiger partial charge in [0.05, 0.1) is 11.9 Å². The Morgan fingerprint density at radius 3 is 2.48 bits per heavy atom. The zero-order valence-corrected chi connectivity index (χ0v) is 16.3. The van der Waals surface area contributed by atoms with E-state index in [0.717, 1.165) is 33.3 Å². The molecule has 0 aliphatic heterocycles. The predicted octanol–water partition coefficient (Wildman–Crippen LogP) is 5.97. The van der Waals surface area contributed by atoms with Gasteiger partial charge >= 0.3 is 0 Å². The highest BCUT2D eigenvalue weighted by atomic mass is 32.1. The molecule has 1 N–H and O–H groups in total. The maximum absolute atomic E-state index is 12.9. The largest absolute Gasteiger partial charge is 0.489 e. The molecule has 4 rings (SSSR count). The number of rotatable bonds is 7. The zero-order valence-electron chi connectivity index (χ0n) is 15.5. The monoisotopic (exact) mass is 403 g/mol. The highest BCUT2D eigenvalue weighted by Crippen LogP contribution is 2.24. The van der Waals surface area contributed by atoms with Crippen LogP contribution in [0.15, 0.2) is 89.3 Å². The maximum atomic E-state index is 12.9. The second-order valence-electron chi connectivity index (χ2n) is 6.26. The van der Waals surface area contributed by atoms with Crippen LogP contribution in [0.1, 0.15) is 11.1 Å². The molecule has 0 atom stereocenters. The van der Waals surface area contributed by atoms with Crippen LogP contribution in [0.3, 0.4) is 0 Å². The smallest absolute Gasteiger partial charge is 0.203 e. The molecular weight excluding hydrogens is 385 g/mol. The van der Waals surface area contributed by atoms with E-state index in [9.17, 15) is 4.39 Å². The number of hydrogen-bond acceptors (Lipinski definition) is 5. The van der Waals surface area contributed by atoms with Gasteiger partial charge in [-0.15, -0.1) is 11.3 Å². The molecule has 3 aromatic carbocycles. The van der Waals surface area contributed by atoms with Crippen molar-refractivity contribution in [2.75, 3.05) is 5.43 Å². The molecule has 6 heteroatoms. The fourth-order valence-corrected chi connectivity index (χ4v) is 3.29. The summed E-state index contributed by atoms with van der Waals surface area (Å²) < 4.78 is 18.6. The molecule has 1 heterocycles. The summed E-state index contributed by atoms with van der Waals surface area (Å²) >= 11 is 1.51. The molecule has 0 radical (unpaired) electrons. The Morgan fingerprint density at radius 1 is 0.966 bits per heavy atom. The Labute approximate surface area is 172 Å². The van der Waals surface area contributed by atoms with Crippen LogP contribution in [0.4, 0.5) is 9.52 Å². The summed E-state index contributed by atoms with van der Waals surface area (Å²) in [5.74, 6) is 0.492. The lowest BCUT2D eigenvalue weighted by atomic mass is 10.2. The van der Waals surface area contributed by atoms with Crippen molar-refractivity contribution in [3.8, 4) is 17.0 Å². The van der Waals surface area contributed by atoms with E-state index in [-0.39, 0.29) is 5.82 Å². The van der Waals surface area contributed by atoms with E-state index in [1.807, 2.05) is 60.0 Å². The Kier molecular flexibility index (Phi) is 5.92. The second-order valence-corrected chi connectivity index (χ2v) is 7.12. The second kappa shape index (κ2) is 9.12. The number of hydrazone groups is 1. The fraction of sp³-hybridized carbons (Fsp3) is 0.0435. The van der Waals surface area contributed by atoms with Crippen LogP contribution in [0, 0.1) is 5.82 Å². The Morgan fingerprint density at radius 2 is 1.72 bits per heavy atom. The van der Waals surface area contributed by atoms with Crippen molar-refractivity contribution >= 4 is 22.7 Å². The van der Waals surface area contributed by atoms with Gasteiger partial charge in [-0.1, -0.05) is 42.5 Å². The summed E-state index contributed by atoms with van der Waals surface area (Å²) in [5.41, 5.74) is 6.82. The van der Waals surface area contributed by atoms with Gasteiger partial charge in [0, 0.05) is 10.9 Å². The SMILES string of the molecule is Fc1ccc(COc2ccc(/C=N/Nc3nc(-c4ccccc4)cs3)cc2)cc1. The van der Waals surface area contributed by atoms with Gasteiger partial charge in [0.2, 0.25) is 5.13 Å². The number of halogens is 1. The number of thiazole rings is 1. The molecule has 0 bridgehead atoms. The van der Waals surface area contributed by atoms with E-state index in [2.05, 4.69) is 15.5 Å². The Hall–Kier alpha value is -3.51.